The predicted octanol–water partition coefficient (Wildman–Crippen LogP) is 4.62. The molecule has 2 aromatic carbocycles. The minimum atomic E-state index is -0.00704. The van der Waals surface area contributed by atoms with E-state index < -0.39 is 0 Å². The molecule has 0 bridgehead atoms. The van der Waals surface area contributed by atoms with Crippen LogP contribution in [0.3, 0.4) is 0 Å². The summed E-state index contributed by atoms with van der Waals surface area (Å²) in [6.45, 7) is 4.29. The van der Waals surface area contributed by atoms with Crippen molar-refractivity contribution >= 4 is 0 Å². The third kappa shape index (κ3) is 2.38. The summed E-state index contributed by atoms with van der Waals surface area (Å²) >= 11 is 0. The van der Waals surface area contributed by atoms with Gasteiger partial charge in [0, 0.05) is 0 Å². The minimum absolute atomic E-state index is 0.00704. The van der Waals surface area contributed by atoms with Gasteiger partial charge < -0.3 is 5.73 Å². The van der Waals surface area contributed by atoms with Crippen LogP contribution < -0.4 is 5.73 Å². The van der Waals surface area contributed by atoms with Crippen molar-refractivity contribution < 1.29 is 0 Å². The van der Waals surface area contributed by atoms with E-state index in [0.29, 0.717) is 0 Å². The molecule has 104 valence electrons. The molecule has 0 aliphatic heterocycles. The van der Waals surface area contributed by atoms with E-state index in [9.17, 15) is 0 Å². The molecule has 2 N–H and O–H groups in total. The Morgan fingerprint density at radius 3 is 2.40 bits per heavy atom. The van der Waals surface area contributed by atoms with Gasteiger partial charge >= 0.3 is 0 Å². The summed E-state index contributed by atoms with van der Waals surface area (Å²) in [5.74, 6) is 0.725. The maximum Gasteiger partial charge on any atom is 0.0557 e. The lowest BCUT2D eigenvalue weighted by Gasteiger charge is -2.30. The van der Waals surface area contributed by atoms with E-state index in [1.54, 1.807) is 0 Å². The number of hydrogen-bond acceptors (Lipinski definition) is 1. The van der Waals surface area contributed by atoms with Crippen molar-refractivity contribution in [2.45, 2.75) is 45.1 Å². The highest BCUT2D eigenvalue weighted by Crippen LogP contribution is 2.40. The second-order valence-corrected chi connectivity index (χ2v) is 6.09. The van der Waals surface area contributed by atoms with Gasteiger partial charge in [-0.3, -0.25) is 0 Å². The zero-order valence-corrected chi connectivity index (χ0v) is 12.4. The molecule has 0 aromatic heterocycles. The molecule has 0 amide bonds. The summed E-state index contributed by atoms with van der Waals surface area (Å²) in [5.41, 5.74) is 13.2. The average molecular weight is 265 g/mol. The second-order valence-electron chi connectivity index (χ2n) is 6.09. The first kappa shape index (κ1) is 13.4. The van der Waals surface area contributed by atoms with E-state index in [4.69, 9.17) is 5.73 Å². The average Bonchev–Trinajstić information content (AvgIpc) is 2.37. The van der Waals surface area contributed by atoms with Crippen molar-refractivity contribution in [1.82, 2.24) is 0 Å². The Kier molecular flexibility index (Phi) is 3.62. The molecule has 1 aliphatic carbocycles. The van der Waals surface area contributed by atoms with Crippen molar-refractivity contribution in [3.63, 3.8) is 0 Å². The Morgan fingerprint density at radius 2 is 1.75 bits per heavy atom. The van der Waals surface area contributed by atoms with Gasteiger partial charge in [0.15, 0.2) is 0 Å². The summed E-state index contributed by atoms with van der Waals surface area (Å²) < 4.78 is 0. The van der Waals surface area contributed by atoms with Gasteiger partial charge in [0.25, 0.3) is 0 Å². The lowest BCUT2D eigenvalue weighted by Crippen LogP contribution is -2.19. The third-order valence-electron chi connectivity index (χ3n) is 4.64. The van der Waals surface area contributed by atoms with E-state index in [1.807, 2.05) is 0 Å². The van der Waals surface area contributed by atoms with Crippen molar-refractivity contribution in [3.8, 4) is 0 Å². The van der Waals surface area contributed by atoms with E-state index >= 15 is 0 Å². The maximum absolute atomic E-state index is 6.58. The highest BCUT2D eigenvalue weighted by atomic mass is 14.6. The van der Waals surface area contributed by atoms with E-state index in [-0.39, 0.29) is 6.04 Å². The van der Waals surface area contributed by atoms with Crippen LogP contribution in [0.5, 0.6) is 0 Å². The van der Waals surface area contributed by atoms with Gasteiger partial charge in [-0.05, 0) is 54.9 Å². The summed E-state index contributed by atoms with van der Waals surface area (Å²) in [7, 11) is 0. The zero-order valence-electron chi connectivity index (χ0n) is 12.4. The molecular weight excluding hydrogens is 242 g/mol. The van der Waals surface area contributed by atoms with Gasteiger partial charge in [0.2, 0.25) is 0 Å². The van der Waals surface area contributed by atoms with Gasteiger partial charge in [0.1, 0.15) is 0 Å². The molecule has 1 heteroatoms. The Labute approximate surface area is 121 Å². The zero-order chi connectivity index (χ0) is 14.1. The lowest BCUT2D eigenvalue weighted by molar-refractivity contribution is 0.416. The molecule has 0 heterocycles. The van der Waals surface area contributed by atoms with E-state index in [0.717, 1.165) is 5.92 Å². The molecule has 0 saturated heterocycles. The molecule has 1 fully saturated rings. The lowest BCUT2D eigenvalue weighted by atomic mass is 9.76. The highest BCUT2D eigenvalue weighted by Gasteiger charge is 2.24. The van der Waals surface area contributed by atoms with Gasteiger partial charge in [0.05, 0.1) is 6.04 Å². The van der Waals surface area contributed by atoms with Crippen LogP contribution >= 0.6 is 0 Å². The van der Waals surface area contributed by atoms with Crippen LogP contribution in [0.4, 0.5) is 0 Å². The van der Waals surface area contributed by atoms with Gasteiger partial charge in [-0.1, -0.05) is 54.4 Å². The molecule has 0 spiro atoms. The van der Waals surface area contributed by atoms with Gasteiger partial charge in [-0.2, -0.15) is 0 Å². The molecule has 1 saturated carbocycles. The first-order valence-electron chi connectivity index (χ1n) is 7.58. The minimum Gasteiger partial charge on any atom is -0.320 e. The monoisotopic (exact) mass is 265 g/mol. The fourth-order valence-corrected chi connectivity index (χ4v) is 3.23. The van der Waals surface area contributed by atoms with Gasteiger partial charge in [-0.25, -0.2) is 0 Å². The molecule has 1 aliphatic rings. The molecule has 1 unspecified atom stereocenters. The van der Waals surface area contributed by atoms with Crippen molar-refractivity contribution in [3.05, 3.63) is 70.3 Å². The summed E-state index contributed by atoms with van der Waals surface area (Å²) in [6.07, 6.45) is 3.99. The Hall–Kier alpha value is -1.60. The topological polar surface area (TPSA) is 26.0 Å². The number of aryl methyl sites for hydroxylation is 2. The molecular formula is C19H23N. The van der Waals surface area contributed by atoms with Crippen molar-refractivity contribution in [2.24, 2.45) is 5.73 Å². The highest BCUT2D eigenvalue weighted by molar-refractivity contribution is 5.43. The standard InChI is InChI=1S/C19H23N/c1-13-10-11-16(14(2)12-13)19(20)18-9-4-3-8-17(18)15-6-5-7-15/h3-4,8-12,15,19H,5-7,20H2,1-2H3. The third-order valence-corrected chi connectivity index (χ3v) is 4.64. The molecule has 3 rings (SSSR count). The largest absolute Gasteiger partial charge is 0.320 e. The SMILES string of the molecule is Cc1ccc(C(N)c2ccccc2C2CCC2)c(C)c1. The van der Waals surface area contributed by atoms with Crippen LogP contribution in [0.2, 0.25) is 0 Å². The van der Waals surface area contributed by atoms with Crippen LogP contribution in [-0.2, 0) is 0 Å². The molecule has 20 heavy (non-hydrogen) atoms. The second kappa shape index (κ2) is 5.41. The molecule has 2 aromatic rings. The predicted molar refractivity (Wildman–Crippen MR) is 85.0 cm³/mol. The molecule has 1 nitrogen and oxygen atoms in total. The van der Waals surface area contributed by atoms with E-state index in [1.165, 1.54) is 47.1 Å². The van der Waals surface area contributed by atoms with Crippen LogP contribution in [0, 0.1) is 13.8 Å². The number of benzene rings is 2. The maximum atomic E-state index is 6.58. The Balaban J connectivity index is 1.99. The van der Waals surface area contributed by atoms with Crippen molar-refractivity contribution in [2.75, 3.05) is 0 Å². The number of hydrogen-bond donors (Lipinski definition) is 1. The van der Waals surface area contributed by atoms with Crippen molar-refractivity contribution in [1.29, 1.82) is 0 Å². The van der Waals surface area contributed by atoms with E-state index in [2.05, 4.69) is 56.3 Å². The van der Waals surface area contributed by atoms with Crippen LogP contribution in [0.25, 0.3) is 0 Å². The quantitative estimate of drug-likeness (QED) is 0.861. The first-order valence-corrected chi connectivity index (χ1v) is 7.58. The van der Waals surface area contributed by atoms with Crippen LogP contribution in [0.1, 0.15) is 59.0 Å². The summed E-state index contributed by atoms with van der Waals surface area (Å²) in [5, 5.41) is 0. The summed E-state index contributed by atoms with van der Waals surface area (Å²) in [6, 6.07) is 15.3. The first-order chi connectivity index (χ1) is 9.66. The Morgan fingerprint density at radius 1 is 1.00 bits per heavy atom. The van der Waals surface area contributed by atoms with Crippen LogP contribution in [-0.4, -0.2) is 0 Å². The fraction of sp³-hybridized carbons (Fsp3) is 0.368. The summed E-state index contributed by atoms with van der Waals surface area (Å²) in [4.78, 5) is 0. The fourth-order valence-electron chi connectivity index (χ4n) is 3.23. The Bertz CT molecular complexity index is 611. The molecule has 1 atom stereocenters. The molecule has 0 radical (unpaired) electrons. The normalized spacial score (nSPS) is 16.8. The number of nitrogens with two attached hydrogens (primary N) is 1. The van der Waals surface area contributed by atoms with Gasteiger partial charge in [-0.15, -0.1) is 0 Å². The smallest absolute Gasteiger partial charge is 0.0557 e. The van der Waals surface area contributed by atoms with Crippen LogP contribution in [0.15, 0.2) is 42.5 Å². The number of rotatable bonds is 3.